The maximum absolute atomic E-state index is 11.5. The highest BCUT2D eigenvalue weighted by Gasteiger charge is 2.69. The van der Waals surface area contributed by atoms with Gasteiger partial charge in [0.15, 0.2) is 0 Å². The molecule has 1 N–H and O–H groups in total. The summed E-state index contributed by atoms with van der Waals surface area (Å²) in [5.74, 6) is 0.838. The van der Waals surface area contributed by atoms with E-state index in [9.17, 15) is 5.11 Å². The summed E-state index contributed by atoms with van der Waals surface area (Å²) < 4.78 is 11.4. The van der Waals surface area contributed by atoms with Gasteiger partial charge >= 0.3 is 0 Å². The number of rotatable bonds is 3. The van der Waals surface area contributed by atoms with Crippen molar-refractivity contribution >= 4 is 0 Å². The number of epoxide rings is 1. The molecule has 0 bridgehead atoms. The average Bonchev–Trinajstić information content (AvgIpc) is 3.34. The van der Waals surface area contributed by atoms with Gasteiger partial charge in [0.05, 0.1) is 7.11 Å². The molecule has 120 valence electrons. The molecule has 2 fully saturated rings. The first-order valence-corrected chi connectivity index (χ1v) is 8.29. The van der Waals surface area contributed by atoms with Crippen LogP contribution in [0.15, 0.2) is 54.6 Å². The van der Waals surface area contributed by atoms with Gasteiger partial charge < -0.3 is 14.6 Å². The first-order valence-electron chi connectivity index (χ1n) is 8.29. The molecule has 1 aliphatic carbocycles. The standard InChI is InChI=1S/C20H22O3/c1-22-17-11-9-15(10-12-17)18-20(23-18)14-6-5-13-19(20,21)16-7-3-2-4-8-16/h2-4,7-12,18,21H,5-6,13-14H2,1H3/t18-,19-,20+/m0/s1. The Morgan fingerprint density at radius 1 is 1.00 bits per heavy atom. The number of aliphatic hydroxyl groups is 1. The SMILES string of the molecule is COc1ccc([C@@H]2O[C@]23CCCC[C@]3(O)c2ccccc2)cc1. The van der Waals surface area contributed by atoms with Crippen molar-refractivity contribution < 1.29 is 14.6 Å². The predicted molar refractivity (Wildman–Crippen MR) is 88.4 cm³/mol. The van der Waals surface area contributed by atoms with Crippen LogP contribution in [0.5, 0.6) is 5.75 Å². The first-order chi connectivity index (χ1) is 11.2. The molecule has 1 aliphatic heterocycles. The highest BCUT2D eigenvalue weighted by Crippen LogP contribution is 2.65. The molecular formula is C20H22O3. The van der Waals surface area contributed by atoms with Crippen molar-refractivity contribution in [1.82, 2.24) is 0 Å². The Bertz CT molecular complexity index is 682. The summed E-state index contributed by atoms with van der Waals surface area (Å²) in [6, 6.07) is 18.0. The van der Waals surface area contributed by atoms with Crippen LogP contribution in [-0.4, -0.2) is 17.8 Å². The van der Waals surface area contributed by atoms with Gasteiger partial charge in [0, 0.05) is 0 Å². The largest absolute Gasteiger partial charge is 0.497 e. The fourth-order valence-corrected chi connectivity index (χ4v) is 4.09. The Labute approximate surface area is 136 Å². The molecule has 0 aromatic heterocycles. The van der Waals surface area contributed by atoms with Crippen molar-refractivity contribution in [2.75, 3.05) is 7.11 Å². The molecule has 4 rings (SSSR count). The molecule has 0 unspecified atom stereocenters. The van der Waals surface area contributed by atoms with Crippen LogP contribution in [0.2, 0.25) is 0 Å². The van der Waals surface area contributed by atoms with Crippen LogP contribution in [0, 0.1) is 0 Å². The van der Waals surface area contributed by atoms with Crippen LogP contribution >= 0.6 is 0 Å². The minimum absolute atomic E-state index is 0.0427. The molecule has 1 heterocycles. The summed E-state index contributed by atoms with van der Waals surface area (Å²) in [7, 11) is 1.67. The maximum Gasteiger partial charge on any atom is 0.132 e. The first kappa shape index (κ1) is 14.7. The number of ether oxygens (including phenoxy) is 2. The third kappa shape index (κ3) is 2.19. The van der Waals surface area contributed by atoms with E-state index in [0.29, 0.717) is 0 Å². The number of benzene rings is 2. The van der Waals surface area contributed by atoms with Gasteiger partial charge in [0.25, 0.3) is 0 Å². The number of methoxy groups -OCH3 is 1. The molecule has 0 radical (unpaired) electrons. The zero-order valence-electron chi connectivity index (χ0n) is 13.4. The highest BCUT2D eigenvalue weighted by molar-refractivity contribution is 5.38. The van der Waals surface area contributed by atoms with E-state index >= 15 is 0 Å². The predicted octanol–water partition coefficient (Wildman–Crippen LogP) is 3.97. The van der Waals surface area contributed by atoms with Crippen molar-refractivity contribution in [1.29, 1.82) is 0 Å². The molecule has 1 spiro atoms. The second-order valence-electron chi connectivity index (χ2n) is 6.59. The van der Waals surface area contributed by atoms with Crippen LogP contribution in [-0.2, 0) is 10.3 Å². The molecule has 2 aliphatic rings. The molecule has 3 heteroatoms. The maximum atomic E-state index is 11.5. The molecule has 1 saturated carbocycles. The van der Waals surface area contributed by atoms with E-state index < -0.39 is 11.2 Å². The smallest absolute Gasteiger partial charge is 0.132 e. The van der Waals surface area contributed by atoms with Gasteiger partial charge in [-0.3, -0.25) is 0 Å². The third-order valence-corrected chi connectivity index (χ3v) is 5.40. The third-order valence-electron chi connectivity index (χ3n) is 5.40. The summed E-state index contributed by atoms with van der Waals surface area (Å²) in [6.07, 6.45) is 3.74. The zero-order valence-corrected chi connectivity index (χ0v) is 13.4. The lowest BCUT2D eigenvalue weighted by atomic mass is 9.68. The molecule has 0 amide bonds. The van der Waals surface area contributed by atoms with Crippen LogP contribution in [0.1, 0.15) is 42.9 Å². The lowest BCUT2D eigenvalue weighted by molar-refractivity contribution is -0.0724. The normalized spacial score (nSPS) is 32.7. The van der Waals surface area contributed by atoms with Crippen molar-refractivity contribution in [3.8, 4) is 5.75 Å². The molecular weight excluding hydrogens is 288 g/mol. The van der Waals surface area contributed by atoms with Gasteiger partial charge in [-0.25, -0.2) is 0 Å². The Balaban J connectivity index is 1.69. The second-order valence-corrected chi connectivity index (χ2v) is 6.59. The van der Waals surface area contributed by atoms with Crippen molar-refractivity contribution in [2.45, 2.75) is 43.0 Å². The Morgan fingerprint density at radius 2 is 1.70 bits per heavy atom. The van der Waals surface area contributed by atoms with Crippen LogP contribution in [0.4, 0.5) is 0 Å². The van der Waals surface area contributed by atoms with Crippen LogP contribution < -0.4 is 4.74 Å². The average molecular weight is 310 g/mol. The van der Waals surface area contributed by atoms with E-state index in [1.165, 1.54) is 0 Å². The van der Waals surface area contributed by atoms with E-state index in [1.54, 1.807) is 7.11 Å². The molecule has 2 aromatic rings. The lowest BCUT2D eigenvalue weighted by Gasteiger charge is -2.39. The molecule has 3 nitrogen and oxygen atoms in total. The van der Waals surface area contributed by atoms with Gasteiger partial charge in [-0.2, -0.15) is 0 Å². The van der Waals surface area contributed by atoms with E-state index in [0.717, 1.165) is 42.6 Å². The van der Waals surface area contributed by atoms with E-state index in [4.69, 9.17) is 9.47 Å². The summed E-state index contributed by atoms with van der Waals surface area (Å²) in [4.78, 5) is 0. The number of hydrogen-bond acceptors (Lipinski definition) is 3. The lowest BCUT2D eigenvalue weighted by Crippen LogP contribution is -2.45. The second kappa shape index (κ2) is 5.36. The summed E-state index contributed by atoms with van der Waals surface area (Å²) in [6.45, 7) is 0. The van der Waals surface area contributed by atoms with E-state index in [1.807, 2.05) is 54.6 Å². The molecule has 2 aromatic carbocycles. The van der Waals surface area contributed by atoms with E-state index in [2.05, 4.69) is 0 Å². The fourth-order valence-electron chi connectivity index (χ4n) is 4.09. The highest BCUT2D eigenvalue weighted by atomic mass is 16.6. The Kier molecular flexibility index (Phi) is 3.43. The van der Waals surface area contributed by atoms with Crippen LogP contribution in [0.25, 0.3) is 0 Å². The summed E-state index contributed by atoms with van der Waals surface area (Å²) in [5, 5.41) is 11.5. The van der Waals surface area contributed by atoms with Crippen LogP contribution in [0.3, 0.4) is 0 Å². The van der Waals surface area contributed by atoms with Crippen molar-refractivity contribution in [2.24, 2.45) is 0 Å². The topological polar surface area (TPSA) is 42.0 Å². The van der Waals surface area contributed by atoms with E-state index in [-0.39, 0.29) is 6.10 Å². The zero-order chi connectivity index (χ0) is 15.9. The Hall–Kier alpha value is -1.84. The van der Waals surface area contributed by atoms with Gasteiger partial charge in [-0.05, 0) is 36.1 Å². The molecule has 23 heavy (non-hydrogen) atoms. The fraction of sp³-hybridized carbons (Fsp3) is 0.400. The monoisotopic (exact) mass is 310 g/mol. The minimum atomic E-state index is -0.906. The van der Waals surface area contributed by atoms with Gasteiger partial charge in [-0.1, -0.05) is 55.3 Å². The summed E-state index contributed by atoms with van der Waals surface area (Å²) in [5.41, 5.74) is 0.691. The molecule has 3 atom stereocenters. The van der Waals surface area contributed by atoms with Gasteiger partial charge in [-0.15, -0.1) is 0 Å². The van der Waals surface area contributed by atoms with Crippen molar-refractivity contribution in [3.63, 3.8) is 0 Å². The van der Waals surface area contributed by atoms with Gasteiger partial charge in [0.1, 0.15) is 23.1 Å². The van der Waals surface area contributed by atoms with Gasteiger partial charge in [0.2, 0.25) is 0 Å². The summed E-state index contributed by atoms with van der Waals surface area (Å²) >= 11 is 0. The number of hydrogen-bond donors (Lipinski definition) is 1. The minimum Gasteiger partial charge on any atom is -0.497 e. The quantitative estimate of drug-likeness (QED) is 0.872. The van der Waals surface area contributed by atoms with Crippen molar-refractivity contribution in [3.05, 3.63) is 65.7 Å². The molecule has 1 saturated heterocycles. The Morgan fingerprint density at radius 3 is 2.39 bits per heavy atom.